The standard InChI is InChI=1S/C9H4BrF2NO/c10-6-4-7(11)5(3-8(6)12)9-1-2-14-13-9/h1-4H. The summed E-state index contributed by atoms with van der Waals surface area (Å²) in [6.45, 7) is 0. The summed E-state index contributed by atoms with van der Waals surface area (Å²) in [6.07, 6.45) is 1.30. The maximum Gasteiger partial charge on any atom is 0.138 e. The fourth-order valence-electron chi connectivity index (χ4n) is 1.07. The van der Waals surface area contributed by atoms with Crippen molar-refractivity contribution < 1.29 is 13.3 Å². The van der Waals surface area contributed by atoms with Crippen LogP contribution in [0.3, 0.4) is 0 Å². The molecular weight excluding hydrogens is 256 g/mol. The van der Waals surface area contributed by atoms with Crippen molar-refractivity contribution in [2.24, 2.45) is 0 Å². The van der Waals surface area contributed by atoms with Gasteiger partial charge in [0, 0.05) is 11.6 Å². The summed E-state index contributed by atoms with van der Waals surface area (Å²) < 4.78 is 31.0. The van der Waals surface area contributed by atoms with Crippen LogP contribution in [-0.2, 0) is 0 Å². The summed E-state index contributed by atoms with van der Waals surface area (Å²) in [4.78, 5) is 0. The molecule has 0 atom stereocenters. The van der Waals surface area contributed by atoms with E-state index in [9.17, 15) is 8.78 Å². The first kappa shape index (κ1) is 9.33. The van der Waals surface area contributed by atoms with Gasteiger partial charge in [-0.3, -0.25) is 0 Å². The van der Waals surface area contributed by atoms with Gasteiger partial charge >= 0.3 is 0 Å². The molecule has 0 aliphatic carbocycles. The Kier molecular flexibility index (Phi) is 2.33. The highest BCUT2D eigenvalue weighted by molar-refractivity contribution is 9.10. The van der Waals surface area contributed by atoms with Gasteiger partial charge < -0.3 is 4.52 Å². The quantitative estimate of drug-likeness (QED) is 0.734. The molecule has 0 aliphatic rings. The molecule has 0 fully saturated rings. The van der Waals surface area contributed by atoms with Crippen LogP contribution < -0.4 is 0 Å². The summed E-state index contributed by atoms with van der Waals surface area (Å²) in [5, 5.41) is 3.52. The third-order valence-corrected chi connectivity index (χ3v) is 2.33. The van der Waals surface area contributed by atoms with Crippen LogP contribution in [0.1, 0.15) is 0 Å². The lowest BCUT2D eigenvalue weighted by atomic mass is 10.1. The van der Waals surface area contributed by atoms with Gasteiger partial charge in [0.2, 0.25) is 0 Å². The third kappa shape index (κ3) is 1.55. The Balaban J connectivity index is 2.60. The fraction of sp³-hybridized carbons (Fsp3) is 0. The van der Waals surface area contributed by atoms with Crippen LogP contribution in [0.4, 0.5) is 8.78 Å². The Hall–Kier alpha value is -1.23. The first-order valence-electron chi connectivity index (χ1n) is 3.74. The maximum atomic E-state index is 13.3. The van der Waals surface area contributed by atoms with Crippen molar-refractivity contribution in [3.63, 3.8) is 0 Å². The molecule has 1 aromatic heterocycles. The molecule has 72 valence electrons. The van der Waals surface area contributed by atoms with Crippen molar-refractivity contribution in [3.05, 3.63) is 40.6 Å². The predicted octanol–water partition coefficient (Wildman–Crippen LogP) is 3.38. The van der Waals surface area contributed by atoms with Gasteiger partial charge in [-0.05, 0) is 28.1 Å². The molecule has 0 spiro atoms. The third-order valence-electron chi connectivity index (χ3n) is 1.72. The smallest absolute Gasteiger partial charge is 0.138 e. The molecule has 0 bridgehead atoms. The Morgan fingerprint density at radius 3 is 2.64 bits per heavy atom. The van der Waals surface area contributed by atoms with Crippen molar-refractivity contribution in [1.29, 1.82) is 0 Å². The molecule has 2 aromatic rings. The van der Waals surface area contributed by atoms with Gasteiger partial charge in [0.25, 0.3) is 0 Å². The molecule has 1 heterocycles. The van der Waals surface area contributed by atoms with Crippen molar-refractivity contribution in [2.75, 3.05) is 0 Å². The SMILES string of the molecule is Fc1cc(-c2ccon2)c(F)cc1Br. The van der Waals surface area contributed by atoms with E-state index in [4.69, 9.17) is 0 Å². The maximum absolute atomic E-state index is 13.3. The molecule has 5 heteroatoms. The van der Waals surface area contributed by atoms with E-state index < -0.39 is 11.6 Å². The molecule has 2 nitrogen and oxygen atoms in total. The molecule has 2 rings (SSSR count). The van der Waals surface area contributed by atoms with E-state index in [0.29, 0.717) is 0 Å². The monoisotopic (exact) mass is 259 g/mol. The summed E-state index contributed by atoms with van der Waals surface area (Å²) >= 11 is 2.88. The van der Waals surface area contributed by atoms with Crippen molar-refractivity contribution in [3.8, 4) is 11.3 Å². The number of hydrogen-bond donors (Lipinski definition) is 0. The van der Waals surface area contributed by atoms with Gasteiger partial charge in [-0.2, -0.15) is 0 Å². The Morgan fingerprint density at radius 2 is 2.00 bits per heavy atom. The number of benzene rings is 1. The zero-order valence-corrected chi connectivity index (χ0v) is 8.38. The van der Waals surface area contributed by atoms with Crippen LogP contribution in [-0.4, -0.2) is 5.16 Å². The van der Waals surface area contributed by atoms with Gasteiger partial charge in [-0.25, -0.2) is 8.78 Å². The number of halogens is 3. The van der Waals surface area contributed by atoms with Crippen LogP contribution in [0.2, 0.25) is 0 Å². The highest BCUT2D eigenvalue weighted by Crippen LogP contribution is 2.26. The lowest BCUT2D eigenvalue weighted by molar-refractivity contribution is 0.421. The molecule has 0 saturated carbocycles. The topological polar surface area (TPSA) is 26.0 Å². The van der Waals surface area contributed by atoms with E-state index >= 15 is 0 Å². The van der Waals surface area contributed by atoms with E-state index in [-0.39, 0.29) is 15.7 Å². The minimum absolute atomic E-state index is 0.0828. The van der Waals surface area contributed by atoms with Gasteiger partial charge in [-0.15, -0.1) is 0 Å². The normalized spacial score (nSPS) is 10.5. The average molecular weight is 260 g/mol. The number of aromatic nitrogens is 1. The van der Waals surface area contributed by atoms with E-state index in [1.54, 1.807) is 0 Å². The molecular formula is C9H4BrF2NO. The molecule has 1 aromatic carbocycles. The van der Waals surface area contributed by atoms with E-state index in [1.165, 1.54) is 12.3 Å². The number of rotatable bonds is 1. The molecule has 0 saturated heterocycles. The number of nitrogens with zero attached hydrogens (tertiary/aromatic N) is 1. The first-order valence-corrected chi connectivity index (χ1v) is 4.53. The van der Waals surface area contributed by atoms with Crippen LogP contribution in [0.25, 0.3) is 11.3 Å². The second-order valence-electron chi connectivity index (χ2n) is 2.63. The van der Waals surface area contributed by atoms with E-state index in [2.05, 4.69) is 25.6 Å². The zero-order chi connectivity index (χ0) is 10.1. The van der Waals surface area contributed by atoms with Gasteiger partial charge in [0.15, 0.2) is 0 Å². The van der Waals surface area contributed by atoms with Crippen molar-refractivity contribution in [2.45, 2.75) is 0 Å². The van der Waals surface area contributed by atoms with Crippen molar-refractivity contribution >= 4 is 15.9 Å². The average Bonchev–Trinajstić information content (AvgIpc) is 2.64. The highest BCUT2D eigenvalue weighted by Gasteiger charge is 2.11. The minimum atomic E-state index is -0.549. The summed E-state index contributed by atoms with van der Waals surface area (Å²) in [5.74, 6) is -1.09. The van der Waals surface area contributed by atoms with Gasteiger partial charge in [0.05, 0.1) is 4.47 Å². The first-order chi connectivity index (χ1) is 6.68. The van der Waals surface area contributed by atoms with Crippen LogP contribution in [0.5, 0.6) is 0 Å². The number of hydrogen-bond acceptors (Lipinski definition) is 2. The molecule has 0 N–H and O–H groups in total. The second-order valence-corrected chi connectivity index (χ2v) is 3.49. The van der Waals surface area contributed by atoms with E-state index in [1.807, 2.05) is 0 Å². The Bertz CT molecular complexity index is 456. The van der Waals surface area contributed by atoms with Crippen molar-refractivity contribution in [1.82, 2.24) is 5.16 Å². The van der Waals surface area contributed by atoms with Gasteiger partial charge in [-0.1, -0.05) is 5.16 Å². The summed E-state index contributed by atoms with van der Waals surface area (Å²) in [5.41, 5.74) is 0.355. The second kappa shape index (κ2) is 3.49. The lowest BCUT2D eigenvalue weighted by Gasteiger charge is -2.00. The summed E-state index contributed by atoms with van der Waals surface area (Å²) in [6, 6.07) is 3.59. The Morgan fingerprint density at radius 1 is 1.21 bits per heavy atom. The molecule has 0 unspecified atom stereocenters. The van der Waals surface area contributed by atoms with Crippen LogP contribution >= 0.6 is 15.9 Å². The zero-order valence-electron chi connectivity index (χ0n) is 6.80. The summed E-state index contributed by atoms with van der Waals surface area (Å²) in [7, 11) is 0. The highest BCUT2D eigenvalue weighted by atomic mass is 79.9. The van der Waals surface area contributed by atoms with Crippen LogP contribution in [0.15, 0.2) is 33.5 Å². The molecule has 0 amide bonds. The van der Waals surface area contributed by atoms with E-state index in [0.717, 1.165) is 12.1 Å². The molecule has 14 heavy (non-hydrogen) atoms. The Labute approximate surface area is 86.7 Å². The lowest BCUT2D eigenvalue weighted by Crippen LogP contribution is -1.88. The molecule has 0 aliphatic heterocycles. The van der Waals surface area contributed by atoms with Crippen LogP contribution in [0, 0.1) is 11.6 Å². The largest absolute Gasteiger partial charge is 0.364 e. The minimum Gasteiger partial charge on any atom is -0.364 e. The predicted molar refractivity (Wildman–Crippen MR) is 49.6 cm³/mol. The fourth-order valence-corrected chi connectivity index (χ4v) is 1.39. The molecule has 0 radical (unpaired) electrons. The van der Waals surface area contributed by atoms with Gasteiger partial charge in [0.1, 0.15) is 23.6 Å².